The summed E-state index contributed by atoms with van der Waals surface area (Å²) in [6.07, 6.45) is 3.96. The molecule has 8 heteroatoms. The number of amides is 1. The zero-order chi connectivity index (χ0) is 18.5. The summed E-state index contributed by atoms with van der Waals surface area (Å²) in [5.74, 6) is -0.127. The Morgan fingerprint density at radius 2 is 2.23 bits per heavy atom. The number of nitro groups is 1. The van der Waals surface area contributed by atoms with Gasteiger partial charge in [0.15, 0.2) is 0 Å². The molecule has 2 aliphatic heterocycles. The van der Waals surface area contributed by atoms with E-state index in [1.54, 1.807) is 0 Å². The smallest absolute Gasteiger partial charge is 0.272 e. The third-order valence-electron chi connectivity index (χ3n) is 5.19. The summed E-state index contributed by atoms with van der Waals surface area (Å²) >= 11 is 0. The highest BCUT2D eigenvalue weighted by Crippen LogP contribution is 2.22. The second kappa shape index (κ2) is 8.55. The molecule has 2 atom stereocenters. The van der Waals surface area contributed by atoms with Crippen molar-refractivity contribution in [1.29, 1.82) is 0 Å². The molecule has 2 heterocycles. The Labute approximate surface area is 152 Å². The van der Waals surface area contributed by atoms with Crippen molar-refractivity contribution in [3.63, 3.8) is 0 Å². The van der Waals surface area contributed by atoms with Crippen LogP contribution < -0.4 is 10.6 Å². The molecular weight excluding hydrogens is 339 g/mol. The molecule has 2 aliphatic rings. The van der Waals surface area contributed by atoms with Gasteiger partial charge in [0.25, 0.3) is 5.69 Å². The maximum Gasteiger partial charge on any atom is 0.272 e. The van der Waals surface area contributed by atoms with Gasteiger partial charge in [0.2, 0.25) is 5.91 Å². The minimum absolute atomic E-state index is 0.0658. The van der Waals surface area contributed by atoms with Gasteiger partial charge in [-0.15, -0.1) is 0 Å². The van der Waals surface area contributed by atoms with Crippen LogP contribution in [0, 0.1) is 21.8 Å². The third-order valence-corrected chi connectivity index (χ3v) is 5.19. The predicted octanol–water partition coefficient (Wildman–Crippen LogP) is 1.81. The number of carbonyl (C=O) groups excluding carboxylic acids is 1. The van der Waals surface area contributed by atoms with E-state index in [2.05, 4.69) is 15.5 Å². The molecule has 0 spiro atoms. The lowest BCUT2D eigenvalue weighted by atomic mass is 9.97. The van der Waals surface area contributed by atoms with Crippen LogP contribution in [0.5, 0.6) is 0 Å². The highest BCUT2D eigenvalue weighted by Gasteiger charge is 2.25. The van der Waals surface area contributed by atoms with Crippen LogP contribution in [0.1, 0.15) is 31.2 Å². The monoisotopic (exact) mass is 364 g/mol. The minimum atomic E-state index is -0.592. The van der Waals surface area contributed by atoms with Crippen molar-refractivity contribution in [1.82, 2.24) is 15.5 Å². The van der Waals surface area contributed by atoms with Crippen LogP contribution in [0.3, 0.4) is 0 Å². The number of benzene rings is 1. The molecule has 2 saturated heterocycles. The van der Waals surface area contributed by atoms with Crippen molar-refractivity contribution in [2.75, 3.05) is 26.2 Å². The zero-order valence-corrected chi connectivity index (χ0v) is 14.7. The van der Waals surface area contributed by atoms with Crippen molar-refractivity contribution in [2.45, 2.75) is 38.3 Å². The first-order valence-electron chi connectivity index (χ1n) is 9.19. The maximum absolute atomic E-state index is 14.1. The number of halogens is 1. The first-order valence-corrected chi connectivity index (χ1v) is 9.19. The van der Waals surface area contributed by atoms with Crippen LogP contribution in [0.4, 0.5) is 10.1 Å². The number of nitrogens with one attached hydrogen (secondary N) is 2. The van der Waals surface area contributed by atoms with Gasteiger partial charge in [-0.3, -0.25) is 19.8 Å². The number of carbonyl (C=O) groups is 1. The second-order valence-corrected chi connectivity index (χ2v) is 7.17. The minimum Gasteiger partial charge on any atom is -0.354 e. The van der Waals surface area contributed by atoms with Gasteiger partial charge < -0.3 is 10.6 Å². The normalized spacial score (nSPS) is 23.7. The van der Waals surface area contributed by atoms with Gasteiger partial charge in [-0.25, -0.2) is 4.39 Å². The van der Waals surface area contributed by atoms with Crippen LogP contribution in [0.15, 0.2) is 18.2 Å². The molecule has 7 nitrogen and oxygen atoms in total. The number of piperidine rings is 1. The van der Waals surface area contributed by atoms with E-state index in [4.69, 9.17) is 0 Å². The van der Waals surface area contributed by atoms with Crippen LogP contribution >= 0.6 is 0 Å². The lowest BCUT2D eigenvalue weighted by molar-refractivity contribution is -0.385. The summed E-state index contributed by atoms with van der Waals surface area (Å²) in [4.78, 5) is 24.4. The Balaban J connectivity index is 1.50. The fourth-order valence-electron chi connectivity index (χ4n) is 3.76. The van der Waals surface area contributed by atoms with Crippen LogP contribution in [0.25, 0.3) is 0 Å². The molecule has 1 aromatic carbocycles. The molecule has 1 aromatic rings. The predicted molar refractivity (Wildman–Crippen MR) is 95.1 cm³/mol. The fourth-order valence-corrected chi connectivity index (χ4v) is 3.76. The van der Waals surface area contributed by atoms with Crippen LogP contribution in [-0.2, 0) is 11.3 Å². The topological polar surface area (TPSA) is 87.5 Å². The Morgan fingerprint density at radius 3 is 2.92 bits per heavy atom. The largest absolute Gasteiger partial charge is 0.354 e. The van der Waals surface area contributed by atoms with Crippen LogP contribution in [0.2, 0.25) is 0 Å². The fraction of sp³-hybridized carbons (Fsp3) is 0.611. The summed E-state index contributed by atoms with van der Waals surface area (Å²) in [5, 5.41) is 16.9. The summed E-state index contributed by atoms with van der Waals surface area (Å²) in [6, 6.07) is 3.74. The van der Waals surface area contributed by atoms with Gasteiger partial charge in [-0.1, -0.05) is 0 Å². The standard InChI is InChI=1S/C18H25FN4O3/c19-16-9-15(23(25)26)6-5-14(16)12-22-8-2-3-13(11-22)10-21-18(24)17-4-1-7-20-17/h5-6,9,13,17,20H,1-4,7-8,10-12H2,(H,21,24). The van der Waals surface area contributed by atoms with Crippen molar-refractivity contribution in [2.24, 2.45) is 5.92 Å². The van der Waals surface area contributed by atoms with Gasteiger partial charge in [-0.05, 0) is 50.8 Å². The molecule has 2 fully saturated rings. The van der Waals surface area contributed by atoms with Crippen LogP contribution in [-0.4, -0.2) is 48.0 Å². The van der Waals surface area contributed by atoms with Crippen molar-refractivity contribution in [3.8, 4) is 0 Å². The highest BCUT2D eigenvalue weighted by molar-refractivity contribution is 5.81. The van der Waals surface area contributed by atoms with Crippen molar-refractivity contribution < 1.29 is 14.1 Å². The SMILES string of the molecule is O=C(NCC1CCCN(Cc2ccc([N+](=O)[O-])cc2F)C1)C1CCCN1. The van der Waals surface area contributed by atoms with Gasteiger partial charge in [0.1, 0.15) is 5.82 Å². The Hall–Kier alpha value is -2.06. The molecule has 2 N–H and O–H groups in total. The number of likely N-dealkylation sites (tertiary alicyclic amines) is 1. The van der Waals surface area contributed by atoms with E-state index in [9.17, 15) is 19.3 Å². The molecule has 142 valence electrons. The number of nitro benzene ring substituents is 1. The number of hydrogen-bond donors (Lipinski definition) is 2. The van der Waals surface area contributed by atoms with E-state index < -0.39 is 10.7 Å². The Bertz CT molecular complexity index is 664. The molecule has 0 bridgehead atoms. The molecule has 1 amide bonds. The quantitative estimate of drug-likeness (QED) is 0.594. The van der Waals surface area contributed by atoms with Gasteiger partial charge in [0.05, 0.1) is 17.0 Å². The average molecular weight is 364 g/mol. The maximum atomic E-state index is 14.1. The first kappa shape index (κ1) is 18.7. The summed E-state index contributed by atoms with van der Waals surface area (Å²) in [7, 11) is 0. The van der Waals surface area contributed by atoms with E-state index in [-0.39, 0.29) is 17.6 Å². The molecule has 2 unspecified atom stereocenters. The molecule has 0 saturated carbocycles. The summed E-state index contributed by atoms with van der Waals surface area (Å²) < 4.78 is 14.1. The van der Waals surface area contributed by atoms with Gasteiger partial charge in [0, 0.05) is 31.3 Å². The Morgan fingerprint density at radius 1 is 1.38 bits per heavy atom. The number of rotatable bonds is 6. The Kier molecular flexibility index (Phi) is 6.16. The molecule has 0 aliphatic carbocycles. The lowest BCUT2D eigenvalue weighted by Crippen LogP contribution is -2.45. The van der Waals surface area contributed by atoms with E-state index in [0.717, 1.165) is 51.4 Å². The summed E-state index contributed by atoms with van der Waals surface area (Å²) in [5.41, 5.74) is 0.237. The van der Waals surface area contributed by atoms with E-state index in [0.29, 0.717) is 24.6 Å². The van der Waals surface area contributed by atoms with E-state index >= 15 is 0 Å². The third kappa shape index (κ3) is 4.76. The number of non-ortho nitro benzene ring substituents is 1. The van der Waals surface area contributed by atoms with Gasteiger partial charge >= 0.3 is 0 Å². The van der Waals surface area contributed by atoms with Gasteiger partial charge in [-0.2, -0.15) is 0 Å². The summed E-state index contributed by atoms with van der Waals surface area (Å²) in [6.45, 7) is 3.62. The number of hydrogen-bond acceptors (Lipinski definition) is 5. The zero-order valence-electron chi connectivity index (χ0n) is 14.7. The van der Waals surface area contributed by atoms with E-state index in [1.165, 1.54) is 12.1 Å². The average Bonchev–Trinajstić information content (AvgIpc) is 3.16. The highest BCUT2D eigenvalue weighted by atomic mass is 19.1. The molecule has 26 heavy (non-hydrogen) atoms. The number of nitrogens with zero attached hydrogens (tertiary/aromatic N) is 2. The molecule has 3 rings (SSSR count). The molecule has 0 radical (unpaired) electrons. The lowest BCUT2D eigenvalue weighted by Gasteiger charge is -2.33. The van der Waals surface area contributed by atoms with E-state index in [1.807, 2.05) is 0 Å². The first-order chi connectivity index (χ1) is 12.5. The van der Waals surface area contributed by atoms with Crippen molar-refractivity contribution in [3.05, 3.63) is 39.7 Å². The van der Waals surface area contributed by atoms with Crippen molar-refractivity contribution >= 4 is 11.6 Å². The second-order valence-electron chi connectivity index (χ2n) is 7.17. The molecular formula is C18H25FN4O3. The molecule has 0 aromatic heterocycles.